The van der Waals surface area contributed by atoms with Crippen molar-refractivity contribution >= 4 is 23.6 Å². The molecule has 4 atom stereocenters. The summed E-state index contributed by atoms with van der Waals surface area (Å²) in [5.41, 5.74) is 0. The molecule has 2 aliphatic heterocycles. The number of imide groups is 2. The standard InChI is InChI=1S/2C8H10F3NO2/c2*1-4-3-6(13)12(7(4)14)5(2)8(9,10)11/h2*4-5H,3H2,1-2H3. The maximum atomic E-state index is 12.2. The first kappa shape index (κ1) is 23.9. The van der Waals surface area contributed by atoms with Gasteiger partial charge in [-0.25, -0.2) is 0 Å². The lowest BCUT2D eigenvalue weighted by molar-refractivity contribution is -0.187. The maximum absolute atomic E-state index is 12.2. The van der Waals surface area contributed by atoms with Gasteiger partial charge in [0.05, 0.1) is 0 Å². The van der Waals surface area contributed by atoms with E-state index in [-0.39, 0.29) is 12.8 Å². The van der Waals surface area contributed by atoms with Crippen molar-refractivity contribution in [1.29, 1.82) is 0 Å². The number of nitrogens with zero attached hydrogens (tertiary/aromatic N) is 2. The second kappa shape index (κ2) is 8.08. The van der Waals surface area contributed by atoms with Crippen LogP contribution in [0.25, 0.3) is 0 Å². The van der Waals surface area contributed by atoms with Gasteiger partial charge in [0, 0.05) is 24.7 Å². The van der Waals surface area contributed by atoms with Crippen molar-refractivity contribution < 1.29 is 45.5 Å². The first-order valence-corrected chi connectivity index (χ1v) is 8.35. The third-order valence-corrected chi connectivity index (χ3v) is 4.54. The first-order valence-electron chi connectivity index (χ1n) is 8.35. The van der Waals surface area contributed by atoms with Crippen LogP contribution >= 0.6 is 0 Å². The minimum absolute atomic E-state index is 0.126. The van der Waals surface area contributed by atoms with Gasteiger partial charge < -0.3 is 0 Å². The van der Waals surface area contributed by atoms with Crippen molar-refractivity contribution in [3.63, 3.8) is 0 Å². The highest BCUT2D eigenvalue weighted by Crippen LogP contribution is 2.31. The minimum atomic E-state index is -4.55. The van der Waals surface area contributed by atoms with Gasteiger partial charge in [-0.3, -0.25) is 29.0 Å². The molecule has 2 heterocycles. The number of carbonyl (C=O) groups excluding carboxylic acids is 4. The third-order valence-electron chi connectivity index (χ3n) is 4.54. The number of amides is 4. The van der Waals surface area contributed by atoms with E-state index in [0.717, 1.165) is 13.8 Å². The number of hydrogen-bond acceptors (Lipinski definition) is 4. The second-order valence-electron chi connectivity index (χ2n) is 6.85. The molecule has 2 saturated heterocycles. The number of alkyl halides is 6. The van der Waals surface area contributed by atoms with E-state index in [4.69, 9.17) is 0 Å². The Balaban J connectivity index is 0.000000280. The highest BCUT2D eigenvalue weighted by Gasteiger charge is 2.50. The van der Waals surface area contributed by atoms with Crippen molar-refractivity contribution in [2.45, 2.75) is 65.0 Å². The van der Waals surface area contributed by atoms with E-state index in [1.807, 2.05) is 0 Å². The van der Waals surface area contributed by atoms with Crippen LogP contribution in [0.2, 0.25) is 0 Å². The SMILES string of the molecule is CC1CC(=O)N(C(C)C(F)(F)F)C1=O.CC1CC(=O)N(C(C)C(F)(F)F)C1=O. The molecule has 4 unspecified atom stereocenters. The summed E-state index contributed by atoms with van der Waals surface area (Å²) < 4.78 is 73.4. The van der Waals surface area contributed by atoms with Gasteiger partial charge in [0.2, 0.25) is 23.6 Å². The molecule has 6 nitrogen and oxygen atoms in total. The molecule has 0 aromatic rings. The second-order valence-corrected chi connectivity index (χ2v) is 6.85. The van der Waals surface area contributed by atoms with E-state index in [1.54, 1.807) is 0 Å². The summed E-state index contributed by atoms with van der Waals surface area (Å²) in [6.45, 7) is 4.52. The van der Waals surface area contributed by atoms with Gasteiger partial charge in [-0.2, -0.15) is 26.3 Å². The van der Waals surface area contributed by atoms with Gasteiger partial charge >= 0.3 is 12.4 Å². The van der Waals surface area contributed by atoms with Crippen LogP contribution < -0.4 is 0 Å². The molecule has 0 N–H and O–H groups in total. The van der Waals surface area contributed by atoms with E-state index in [2.05, 4.69) is 0 Å². The number of likely N-dealkylation sites (tertiary alicyclic amines) is 2. The smallest absolute Gasteiger partial charge is 0.274 e. The van der Waals surface area contributed by atoms with Crippen LogP contribution in [-0.4, -0.2) is 57.9 Å². The van der Waals surface area contributed by atoms with E-state index < -0.39 is 59.9 Å². The topological polar surface area (TPSA) is 74.8 Å². The predicted octanol–water partition coefficient (Wildman–Crippen LogP) is 2.66. The van der Waals surface area contributed by atoms with Crippen LogP contribution in [0.15, 0.2) is 0 Å². The van der Waals surface area contributed by atoms with Gasteiger partial charge in [0.25, 0.3) is 0 Å². The highest BCUT2D eigenvalue weighted by atomic mass is 19.4. The third kappa shape index (κ3) is 5.02. The average molecular weight is 418 g/mol. The van der Waals surface area contributed by atoms with E-state index in [9.17, 15) is 45.5 Å². The van der Waals surface area contributed by atoms with Crippen molar-refractivity contribution in [2.24, 2.45) is 11.8 Å². The van der Waals surface area contributed by atoms with Gasteiger partial charge in [0.1, 0.15) is 12.1 Å². The zero-order valence-corrected chi connectivity index (χ0v) is 15.5. The fourth-order valence-electron chi connectivity index (χ4n) is 2.72. The fourth-order valence-corrected chi connectivity index (χ4v) is 2.72. The van der Waals surface area contributed by atoms with Crippen LogP contribution in [0.5, 0.6) is 0 Å². The van der Waals surface area contributed by atoms with Crippen molar-refractivity contribution in [1.82, 2.24) is 9.80 Å². The summed E-state index contributed by atoms with van der Waals surface area (Å²) in [5.74, 6) is -4.22. The summed E-state index contributed by atoms with van der Waals surface area (Å²) in [6, 6.07) is -4.04. The normalized spacial score (nSPS) is 25.8. The Morgan fingerprint density at radius 2 is 0.964 bits per heavy atom. The van der Waals surface area contributed by atoms with Gasteiger partial charge in [0.15, 0.2) is 0 Å². The molecule has 160 valence electrons. The molecular weight excluding hydrogens is 398 g/mol. The molecule has 2 aliphatic rings. The number of hydrogen-bond donors (Lipinski definition) is 0. The molecule has 0 bridgehead atoms. The Hall–Kier alpha value is -2.14. The molecule has 2 fully saturated rings. The Morgan fingerprint density at radius 1 is 0.714 bits per heavy atom. The summed E-state index contributed by atoms with van der Waals surface area (Å²) in [6.07, 6.45) is -9.34. The zero-order valence-electron chi connectivity index (χ0n) is 15.5. The Bertz CT molecular complexity index is 605. The molecule has 12 heteroatoms. The molecule has 0 saturated carbocycles. The minimum Gasteiger partial charge on any atom is -0.274 e. The largest absolute Gasteiger partial charge is 0.409 e. The summed E-state index contributed by atoms with van der Waals surface area (Å²) >= 11 is 0. The molecule has 0 radical (unpaired) electrons. The molecule has 0 aliphatic carbocycles. The Morgan fingerprint density at radius 3 is 1.11 bits per heavy atom. The lowest BCUT2D eigenvalue weighted by atomic mass is 10.1. The molecule has 4 amide bonds. The number of rotatable bonds is 2. The fraction of sp³-hybridized carbons (Fsp3) is 0.750. The van der Waals surface area contributed by atoms with Crippen LogP contribution in [0.3, 0.4) is 0 Å². The van der Waals surface area contributed by atoms with Crippen molar-refractivity contribution in [3.05, 3.63) is 0 Å². The van der Waals surface area contributed by atoms with E-state index >= 15 is 0 Å². The van der Waals surface area contributed by atoms with E-state index in [0.29, 0.717) is 9.80 Å². The quantitative estimate of drug-likeness (QED) is 0.511. The Kier molecular flexibility index (Phi) is 6.89. The average Bonchev–Trinajstić information content (AvgIpc) is 2.92. The van der Waals surface area contributed by atoms with Gasteiger partial charge in [-0.1, -0.05) is 13.8 Å². The Labute approximate surface area is 156 Å². The molecule has 2 rings (SSSR count). The molecule has 28 heavy (non-hydrogen) atoms. The monoisotopic (exact) mass is 418 g/mol. The highest BCUT2D eigenvalue weighted by molar-refractivity contribution is 6.04. The molecular formula is C16H20F6N2O4. The van der Waals surface area contributed by atoms with Crippen LogP contribution in [0.1, 0.15) is 40.5 Å². The van der Waals surface area contributed by atoms with Gasteiger partial charge in [-0.05, 0) is 13.8 Å². The van der Waals surface area contributed by atoms with Crippen LogP contribution in [-0.2, 0) is 19.2 Å². The van der Waals surface area contributed by atoms with Gasteiger partial charge in [-0.15, -0.1) is 0 Å². The summed E-state index contributed by atoms with van der Waals surface area (Å²) in [5, 5.41) is 0. The molecule has 0 spiro atoms. The first-order chi connectivity index (χ1) is 12.5. The van der Waals surface area contributed by atoms with Crippen LogP contribution in [0, 0.1) is 11.8 Å². The van der Waals surface area contributed by atoms with Crippen LogP contribution in [0.4, 0.5) is 26.3 Å². The number of halogens is 6. The lowest BCUT2D eigenvalue weighted by Crippen LogP contribution is -2.46. The number of carbonyl (C=O) groups is 4. The summed E-state index contributed by atoms with van der Waals surface area (Å²) in [4.78, 5) is 45.2. The predicted molar refractivity (Wildman–Crippen MR) is 82.3 cm³/mol. The van der Waals surface area contributed by atoms with Crippen molar-refractivity contribution in [3.8, 4) is 0 Å². The molecule has 0 aromatic carbocycles. The summed E-state index contributed by atoms with van der Waals surface area (Å²) in [7, 11) is 0. The molecule has 0 aromatic heterocycles. The van der Waals surface area contributed by atoms with E-state index in [1.165, 1.54) is 13.8 Å². The van der Waals surface area contributed by atoms with Crippen molar-refractivity contribution in [2.75, 3.05) is 0 Å². The maximum Gasteiger partial charge on any atom is 0.409 e. The lowest BCUT2D eigenvalue weighted by Gasteiger charge is -2.24. The zero-order chi connectivity index (χ0) is 22.2.